The molecule has 1 aliphatic heterocycles. The van der Waals surface area contributed by atoms with E-state index in [0.717, 1.165) is 38.9 Å². The fourth-order valence-corrected chi connectivity index (χ4v) is 5.50. The maximum Gasteiger partial charge on any atom is 0.164 e. The first-order valence-electron chi connectivity index (χ1n) is 15.1. The van der Waals surface area contributed by atoms with Gasteiger partial charge in [0, 0.05) is 54.3 Å². The number of hydrogen-bond donors (Lipinski definition) is 1. The first kappa shape index (κ1) is 32.3. The van der Waals surface area contributed by atoms with Crippen LogP contribution in [0, 0.1) is 30.7 Å². The van der Waals surface area contributed by atoms with Crippen molar-refractivity contribution in [3.63, 3.8) is 0 Å². The summed E-state index contributed by atoms with van der Waals surface area (Å²) < 4.78 is 6.50. The van der Waals surface area contributed by atoms with E-state index in [4.69, 9.17) is 9.72 Å². The van der Waals surface area contributed by atoms with Crippen LogP contribution in [-0.4, -0.2) is 15.9 Å². The maximum absolute atomic E-state index is 11.5. The molecule has 1 radical (unpaired) electrons. The van der Waals surface area contributed by atoms with Crippen LogP contribution in [0.25, 0.3) is 54.3 Å². The van der Waals surface area contributed by atoms with E-state index in [1.807, 2.05) is 59.9 Å². The summed E-state index contributed by atoms with van der Waals surface area (Å²) in [6, 6.07) is 27.2. The molecule has 5 heteroatoms. The van der Waals surface area contributed by atoms with Crippen molar-refractivity contribution >= 4 is 48.9 Å². The molecule has 45 heavy (non-hydrogen) atoms. The Hall–Kier alpha value is -4.05. The van der Waals surface area contributed by atoms with Gasteiger partial charge in [0.1, 0.15) is 11.5 Å². The number of aliphatic hydroxyl groups is 1. The Balaban J connectivity index is 0.000000246. The van der Waals surface area contributed by atoms with Crippen LogP contribution in [0.5, 0.6) is 11.5 Å². The SMILES string of the molecule is CC(C)(C)C(=O)/C=C(\O)C(C)(C)C.Cc1cc2ccc3c4ccnc5c4c(cc3c2cc1C)Oc1cc2ccccc2[c-]c1-5.[Ir]. The van der Waals surface area contributed by atoms with Crippen LogP contribution in [0.4, 0.5) is 0 Å². The number of rotatable bonds is 1. The minimum Gasteiger partial charge on any atom is -0.512 e. The Bertz CT molecular complexity index is 2160. The largest absolute Gasteiger partial charge is 0.512 e. The van der Waals surface area contributed by atoms with E-state index in [1.165, 1.54) is 44.1 Å². The molecule has 4 nitrogen and oxygen atoms in total. The van der Waals surface area contributed by atoms with Crippen molar-refractivity contribution < 1.29 is 34.7 Å². The zero-order valence-electron chi connectivity index (χ0n) is 27.0. The number of aromatic nitrogens is 1. The molecular weight excluding hydrogens is 735 g/mol. The average molecular weight is 773 g/mol. The van der Waals surface area contributed by atoms with Gasteiger partial charge in [-0.3, -0.25) is 9.78 Å². The Kier molecular flexibility index (Phi) is 8.42. The van der Waals surface area contributed by atoms with Crippen LogP contribution in [0.1, 0.15) is 52.7 Å². The third kappa shape index (κ3) is 6.00. The van der Waals surface area contributed by atoms with Gasteiger partial charge in [0.2, 0.25) is 0 Å². The van der Waals surface area contributed by atoms with Gasteiger partial charge in [0.05, 0.1) is 5.75 Å². The second-order valence-corrected chi connectivity index (χ2v) is 13.9. The topological polar surface area (TPSA) is 59.4 Å². The van der Waals surface area contributed by atoms with Crippen LogP contribution in [0.2, 0.25) is 0 Å². The zero-order chi connectivity index (χ0) is 31.6. The van der Waals surface area contributed by atoms with Gasteiger partial charge in [-0.25, -0.2) is 0 Å². The smallest absolute Gasteiger partial charge is 0.164 e. The fraction of sp³-hybridized carbons (Fsp3) is 0.250. The second-order valence-electron chi connectivity index (χ2n) is 13.9. The van der Waals surface area contributed by atoms with Crippen molar-refractivity contribution in [2.75, 3.05) is 0 Å². The van der Waals surface area contributed by atoms with Gasteiger partial charge in [-0.05, 0) is 64.0 Å². The van der Waals surface area contributed by atoms with E-state index in [1.54, 1.807) is 0 Å². The van der Waals surface area contributed by atoms with E-state index in [2.05, 4.69) is 74.5 Å². The van der Waals surface area contributed by atoms with E-state index in [0.29, 0.717) is 0 Å². The van der Waals surface area contributed by atoms with Crippen molar-refractivity contribution in [2.45, 2.75) is 55.4 Å². The molecule has 0 fully saturated rings. The van der Waals surface area contributed by atoms with Gasteiger partial charge in [0.25, 0.3) is 0 Å². The number of fused-ring (bicyclic) bond motifs is 7. The molecule has 0 aliphatic carbocycles. The molecular formula is C40H38IrNO3-. The van der Waals surface area contributed by atoms with E-state index in [9.17, 15) is 9.90 Å². The van der Waals surface area contributed by atoms with Crippen LogP contribution >= 0.6 is 0 Å². The number of aryl methyl sites for hydroxylation is 2. The third-order valence-electron chi connectivity index (χ3n) is 8.42. The first-order valence-corrected chi connectivity index (χ1v) is 15.1. The molecule has 0 bridgehead atoms. The molecule has 0 atom stereocenters. The van der Waals surface area contributed by atoms with Crippen LogP contribution in [-0.2, 0) is 24.9 Å². The summed E-state index contributed by atoms with van der Waals surface area (Å²) in [5.74, 6) is 1.79. The van der Waals surface area contributed by atoms with E-state index < -0.39 is 5.41 Å². The van der Waals surface area contributed by atoms with Gasteiger partial charge in [0.15, 0.2) is 5.78 Å². The number of ether oxygens (including phenoxy) is 1. The fourth-order valence-electron chi connectivity index (χ4n) is 5.50. The number of ketones is 1. The molecule has 0 amide bonds. The number of benzene rings is 5. The number of allylic oxidation sites excluding steroid dienone is 2. The molecule has 0 spiro atoms. The van der Waals surface area contributed by atoms with Crippen LogP contribution < -0.4 is 4.74 Å². The summed E-state index contributed by atoms with van der Waals surface area (Å²) >= 11 is 0. The van der Waals surface area contributed by atoms with E-state index in [-0.39, 0.29) is 37.1 Å². The monoisotopic (exact) mass is 773 g/mol. The normalized spacial score (nSPS) is 12.8. The predicted octanol–water partition coefficient (Wildman–Crippen LogP) is 11.0. The van der Waals surface area contributed by atoms with Crippen molar-refractivity contribution in [3.8, 4) is 22.8 Å². The Labute approximate surface area is 278 Å². The number of aliphatic hydroxyl groups excluding tert-OH is 1. The van der Waals surface area contributed by atoms with E-state index >= 15 is 0 Å². The first-order chi connectivity index (χ1) is 20.7. The maximum atomic E-state index is 11.5. The quantitative estimate of drug-likeness (QED) is 0.0781. The molecule has 1 aromatic heterocycles. The molecule has 1 N–H and O–H groups in total. The van der Waals surface area contributed by atoms with Gasteiger partial charge >= 0.3 is 0 Å². The minimum atomic E-state index is -0.417. The average Bonchev–Trinajstić information content (AvgIpc) is 2.96. The molecule has 231 valence electrons. The molecule has 6 aromatic rings. The molecule has 7 rings (SSSR count). The summed E-state index contributed by atoms with van der Waals surface area (Å²) in [5, 5.41) is 19.0. The predicted molar refractivity (Wildman–Crippen MR) is 183 cm³/mol. The second kappa shape index (κ2) is 11.7. The zero-order valence-corrected chi connectivity index (χ0v) is 29.4. The molecule has 0 saturated heterocycles. The Morgan fingerprint density at radius 3 is 2.20 bits per heavy atom. The standard InChI is InChI=1S/C29H18NO.C11H20O2.Ir/c1-16-11-20-7-8-21-22-9-10-30-29-25-13-18-5-3-4-6-19(18)14-26(25)31-27(28(22)29)15-24(21)23(20)12-17(16)2;1-10(2,3)8(12)7-9(13)11(4,5)6;/h3-12,14-15H,1-2H3;7,12H,1-6H3;/q-1;;/b;8-7-;. The van der Waals surface area contributed by atoms with Crippen LogP contribution in [0.15, 0.2) is 84.8 Å². The Morgan fingerprint density at radius 2 is 1.49 bits per heavy atom. The number of pyridine rings is 1. The summed E-state index contributed by atoms with van der Waals surface area (Å²) in [4.78, 5) is 16.3. The van der Waals surface area contributed by atoms with Crippen molar-refractivity contribution in [3.05, 3.63) is 102 Å². The summed E-state index contributed by atoms with van der Waals surface area (Å²) in [6.45, 7) is 15.5. The third-order valence-corrected chi connectivity index (χ3v) is 8.42. The van der Waals surface area contributed by atoms with Gasteiger partial charge in [-0.2, -0.15) is 0 Å². The van der Waals surface area contributed by atoms with Gasteiger partial charge in [-0.15, -0.1) is 17.5 Å². The van der Waals surface area contributed by atoms with Gasteiger partial charge in [-0.1, -0.05) is 101 Å². The van der Waals surface area contributed by atoms with Crippen LogP contribution in [0.3, 0.4) is 0 Å². The Morgan fingerprint density at radius 1 is 0.778 bits per heavy atom. The van der Waals surface area contributed by atoms with Crippen molar-refractivity contribution in [1.82, 2.24) is 4.98 Å². The number of carbonyl (C=O) groups is 1. The van der Waals surface area contributed by atoms with Crippen molar-refractivity contribution in [2.24, 2.45) is 10.8 Å². The van der Waals surface area contributed by atoms with Crippen molar-refractivity contribution in [1.29, 1.82) is 0 Å². The summed E-state index contributed by atoms with van der Waals surface area (Å²) in [5.41, 5.74) is 3.73. The summed E-state index contributed by atoms with van der Waals surface area (Å²) in [6.07, 6.45) is 3.24. The number of hydrogen-bond acceptors (Lipinski definition) is 4. The number of carbonyl (C=O) groups excluding carboxylic acids is 1. The minimum absolute atomic E-state index is 0. The summed E-state index contributed by atoms with van der Waals surface area (Å²) in [7, 11) is 0. The molecule has 0 saturated carbocycles. The molecule has 1 aliphatic rings. The molecule has 2 heterocycles. The number of nitrogens with zero attached hydrogens (tertiary/aromatic N) is 1. The molecule has 5 aromatic carbocycles. The van der Waals surface area contributed by atoms with Gasteiger partial charge < -0.3 is 9.84 Å². The molecule has 0 unspecified atom stereocenters.